The minimum Gasteiger partial charge on any atom is -0.226 e. The highest BCUT2D eigenvalue weighted by Gasteiger charge is 2.20. The molecule has 2 nitrogen and oxygen atoms in total. The first-order valence-electron chi connectivity index (χ1n) is 18.8. The molecule has 0 fully saturated rings. The van der Waals surface area contributed by atoms with Crippen molar-refractivity contribution in [2.24, 2.45) is 0 Å². The second kappa shape index (κ2) is 13.5. The third kappa shape index (κ3) is 5.62. The van der Waals surface area contributed by atoms with Crippen LogP contribution in [0.15, 0.2) is 194 Å². The largest absolute Gasteiger partial charge is 0.226 e. The van der Waals surface area contributed by atoms with Gasteiger partial charge in [0.05, 0.1) is 15.9 Å². The number of thiophene rings is 2. The highest BCUT2D eigenvalue weighted by atomic mass is 32.1. The molecule has 8 aromatic carbocycles. The molecule has 11 aromatic rings. The van der Waals surface area contributed by atoms with Gasteiger partial charge in [-0.25, -0.2) is 9.97 Å². The van der Waals surface area contributed by atoms with Gasteiger partial charge in [-0.05, 0) is 80.9 Å². The molecule has 262 valence electrons. The number of benzene rings is 8. The van der Waals surface area contributed by atoms with Gasteiger partial charge in [0.15, 0.2) is 5.82 Å². The molecule has 0 amide bonds. The summed E-state index contributed by atoms with van der Waals surface area (Å²) in [7, 11) is 0. The van der Waals surface area contributed by atoms with Crippen LogP contribution in [0.5, 0.6) is 0 Å². The molecular formula is C52H32N2S2. The molecule has 0 aliphatic heterocycles. The molecular weight excluding hydrogens is 717 g/mol. The van der Waals surface area contributed by atoms with E-state index >= 15 is 0 Å². The maximum Gasteiger partial charge on any atom is 0.160 e. The Bertz CT molecular complexity index is 3220. The molecule has 0 bridgehead atoms. The van der Waals surface area contributed by atoms with E-state index in [2.05, 4.69) is 194 Å². The monoisotopic (exact) mass is 748 g/mol. The van der Waals surface area contributed by atoms with E-state index in [1.807, 2.05) is 11.3 Å². The second-order valence-electron chi connectivity index (χ2n) is 14.1. The molecule has 56 heavy (non-hydrogen) atoms. The van der Waals surface area contributed by atoms with Crippen LogP contribution >= 0.6 is 22.7 Å². The van der Waals surface area contributed by atoms with Gasteiger partial charge in [0.2, 0.25) is 0 Å². The van der Waals surface area contributed by atoms with Crippen LogP contribution in [-0.4, -0.2) is 9.97 Å². The van der Waals surface area contributed by atoms with Crippen LogP contribution < -0.4 is 0 Å². The standard InChI is InChI=1S/C52H32N2S2/c1-4-14-33(15-5-1)39-31-42(48(35-16-6-2-7-17-35)43(32-39)38-28-29-47-44(30-38)40-20-10-12-22-45(40)55-47)34-24-26-37(27-25-34)52-53-49(36-18-8-3-9-19-36)51-50(54-52)41-21-11-13-23-46(41)56-51/h1-32H. The Kier molecular flexibility index (Phi) is 7.90. The quantitative estimate of drug-likeness (QED) is 0.169. The van der Waals surface area contributed by atoms with Crippen molar-refractivity contribution < 1.29 is 0 Å². The van der Waals surface area contributed by atoms with E-state index in [0.29, 0.717) is 0 Å². The molecule has 0 saturated heterocycles. The number of nitrogens with zero attached hydrogens (tertiary/aromatic N) is 2. The van der Waals surface area contributed by atoms with Crippen LogP contribution in [0, 0.1) is 0 Å². The van der Waals surface area contributed by atoms with E-state index in [9.17, 15) is 0 Å². The van der Waals surface area contributed by atoms with Crippen molar-refractivity contribution in [2.45, 2.75) is 0 Å². The molecule has 0 unspecified atom stereocenters. The Labute approximate surface area is 332 Å². The van der Waals surface area contributed by atoms with Crippen LogP contribution in [0.25, 0.3) is 108 Å². The van der Waals surface area contributed by atoms with Crippen molar-refractivity contribution in [1.82, 2.24) is 9.97 Å². The summed E-state index contributed by atoms with van der Waals surface area (Å²) in [5.74, 6) is 0.727. The van der Waals surface area contributed by atoms with Crippen molar-refractivity contribution >= 4 is 63.1 Å². The molecule has 4 heteroatoms. The lowest BCUT2D eigenvalue weighted by molar-refractivity contribution is 1.24. The zero-order valence-corrected chi connectivity index (χ0v) is 31.8. The van der Waals surface area contributed by atoms with E-state index in [1.165, 1.54) is 63.8 Å². The number of aromatic nitrogens is 2. The van der Waals surface area contributed by atoms with Gasteiger partial charge >= 0.3 is 0 Å². The maximum atomic E-state index is 5.25. The van der Waals surface area contributed by atoms with Gasteiger partial charge in [0, 0.05) is 41.4 Å². The topological polar surface area (TPSA) is 25.8 Å². The van der Waals surface area contributed by atoms with Crippen molar-refractivity contribution in [3.8, 4) is 67.2 Å². The van der Waals surface area contributed by atoms with Gasteiger partial charge in [-0.2, -0.15) is 0 Å². The lowest BCUT2D eigenvalue weighted by atomic mass is 9.84. The smallest absolute Gasteiger partial charge is 0.160 e. The molecule has 11 rings (SSSR count). The molecule has 0 atom stereocenters. The van der Waals surface area contributed by atoms with Crippen LogP contribution in [0.2, 0.25) is 0 Å². The Hall–Kier alpha value is -6.72. The minimum absolute atomic E-state index is 0.727. The first-order chi connectivity index (χ1) is 27.7. The van der Waals surface area contributed by atoms with Crippen molar-refractivity contribution in [2.75, 3.05) is 0 Å². The number of hydrogen-bond acceptors (Lipinski definition) is 4. The summed E-state index contributed by atoms with van der Waals surface area (Å²) in [4.78, 5) is 10.5. The fourth-order valence-corrected chi connectivity index (χ4v) is 10.3. The lowest BCUT2D eigenvalue weighted by Gasteiger charge is -2.19. The van der Waals surface area contributed by atoms with Gasteiger partial charge in [0.25, 0.3) is 0 Å². The van der Waals surface area contributed by atoms with Crippen molar-refractivity contribution in [1.29, 1.82) is 0 Å². The van der Waals surface area contributed by atoms with E-state index < -0.39 is 0 Å². The second-order valence-corrected chi connectivity index (χ2v) is 16.2. The average molecular weight is 749 g/mol. The molecule has 3 heterocycles. The molecule has 0 saturated carbocycles. The fraction of sp³-hybridized carbons (Fsp3) is 0. The minimum atomic E-state index is 0.727. The van der Waals surface area contributed by atoms with Crippen LogP contribution in [0.4, 0.5) is 0 Å². The number of rotatable bonds is 6. The van der Waals surface area contributed by atoms with E-state index in [4.69, 9.17) is 9.97 Å². The summed E-state index contributed by atoms with van der Waals surface area (Å²) in [6.45, 7) is 0. The summed E-state index contributed by atoms with van der Waals surface area (Å²) in [5.41, 5.74) is 13.5. The van der Waals surface area contributed by atoms with Crippen molar-refractivity contribution in [3.63, 3.8) is 0 Å². The first-order valence-corrected chi connectivity index (χ1v) is 20.4. The third-order valence-corrected chi connectivity index (χ3v) is 13.0. The number of fused-ring (bicyclic) bond motifs is 6. The Morgan fingerprint density at radius 2 is 0.857 bits per heavy atom. The predicted molar refractivity (Wildman–Crippen MR) is 240 cm³/mol. The van der Waals surface area contributed by atoms with Crippen LogP contribution in [0.3, 0.4) is 0 Å². The van der Waals surface area contributed by atoms with E-state index in [0.717, 1.165) is 43.8 Å². The number of hydrogen-bond donors (Lipinski definition) is 0. The highest BCUT2D eigenvalue weighted by molar-refractivity contribution is 7.26. The third-order valence-electron chi connectivity index (χ3n) is 10.7. The van der Waals surface area contributed by atoms with Gasteiger partial charge in [-0.3, -0.25) is 0 Å². The van der Waals surface area contributed by atoms with Gasteiger partial charge in [-0.15, -0.1) is 22.7 Å². The SMILES string of the molecule is c1ccc(-c2cc(-c3ccc(-c4nc(-c5ccccc5)c5sc6ccccc6c5n4)cc3)c(-c3ccccc3)c(-c3ccc4sc5ccccc5c4c3)c2)cc1. The molecule has 0 aliphatic rings. The molecule has 0 radical (unpaired) electrons. The van der Waals surface area contributed by atoms with Gasteiger partial charge < -0.3 is 0 Å². The summed E-state index contributed by atoms with van der Waals surface area (Å²) in [5, 5.41) is 3.76. The molecule has 3 aromatic heterocycles. The van der Waals surface area contributed by atoms with Crippen LogP contribution in [-0.2, 0) is 0 Å². The maximum absolute atomic E-state index is 5.25. The lowest BCUT2D eigenvalue weighted by Crippen LogP contribution is -1.95. The van der Waals surface area contributed by atoms with Crippen molar-refractivity contribution in [3.05, 3.63) is 194 Å². The molecule has 0 N–H and O–H groups in total. The van der Waals surface area contributed by atoms with Gasteiger partial charge in [-0.1, -0.05) is 158 Å². The highest BCUT2D eigenvalue weighted by Crippen LogP contribution is 2.46. The summed E-state index contributed by atoms with van der Waals surface area (Å²) in [6, 6.07) is 69.9. The Morgan fingerprint density at radius 1 is 0.321 bits per heavy atom. The van der Waals surface area contributed by atoms with E-state index in [1.54, 1.807) is 11.3 Å². The Morgan fingerprint density at radius 3 is 1.57 bits per heavy atom. The first kappa shape index (κ1) is 32.7. The normalized spacial score (nSPS) is 11.6. The summed E-state index contributed by atoms with van der Waals surface area (Å²) < 4.78 is 4.95. The molecule has 0 aliphatic carbocycles. The summed E-state index contributed by atoms with van der Waals surface area (Å²) in [6.07, 6.45) is 0. The fourth-order valence-electron chi connectivity index (χ4n) is 8.01. The van der Waals surface area contributed by atoms with Crippen LogP contribution in [0.1, 0.15) is 0 Å². The van der Waals surface area contributed by atoms with E-state index in [-0.39, 0.29) is 0 Å². The average Bonchev–Trinajstić information content (AvgIpc) is 3.85. The predicted octanol–water partition coefficient (Wildman–Crippen LogP) is 15.2. The summed E-state index contributed by atoms with van der Waals surface area (Å²) >= 11 is 3.62. The Balaban J connectivity index is 1.12. The zero-order valence-electron chi connectivity index (χ0n) is 30.2. The molecule has 0 spiro atoms. The van der Waals surface area contributed by atoms with Gasteiger partial charge in [0.1, 0.15) is 0 Å². The zero-order chi connectivity index (χ0) is 37.0.